The standard InChI is InChI=1S/C26H26O4S.C2H6/c1-3-7-22-14-21(17-31-22)23-13-18(12-20-10-11-29-26(20)23)16-30-24-9-6-5-8-19(24)15-25(27)28-4-2;1-2/h5-6,8-14,17H,3-4,7,15-16H2,1-2H3;1-2H3. The lowest BCUT2D eigenvalue weighted by Crippen LogP contribution is -2.09. The largest absolute Gasteiger partial charge is 0.489 e. The van der Waals surface area contributed by atoms with Crippen LogP contribution in [0.15, 0.2) is 64.6 Å². The molecule has 2 heterocycles. The first-order valence-corrected chi connectivity index (χ1v) is 12.5. The minimum absolute atomic E-state index is 0.200. The second-order valence-electron chi connectivity index (χ2n) is 7.41. The maximum Gasteiger partial charge on any atom is 0.310 e. The van der Waals surface area contributed by atoms with Crippen LogP contribution in [0, 0.1) is 0 Å². The molecule has 0 radical (unpaired) electrons. The summed E-state index contributed by atoms with van der Waals surface area (Å²) in [6, 6.07) is 16.1. The summed E-state index contributed by atoms with van der Waals surface area (Å²) in [6.45, 7) is 8.78. The molecule has 4 rings (SSSR count). The minimum atomic E-state index is -0.249. The van der Waals surface area contributed by atoms with Crippen molar-refractivity contribution < 1.29 is 18.7 Å². The summed E-state index contributed by atoms with van der Waals surface area (Å²) in [5.74, 6) is 0.450. The first-order valence-electron chi connectivity index (χ1n) is 11.6. The van der Waals surface area contributed by atoms with Gasteiger partial charge in [-0.1, -0.05) is 45.4 Å². The fourth-order valence-electron chi connectivity index (χ4n) is 3.66. The van der Waals surface area contributed by atoms with Crippen LogP contribution in [-0.2, 0) is 29.0 Å². The quantitative estimate of drug-likeness (QED) is 0.237. The number of esters is 1. The van der Waals surface area contributed by atoms with Gasteiger partial charge in [0.05, 0.1) is 19.3 Å². The van der Waals surface area contributed by atoms with E-state index in [1.54, 1.807) is 17.6 Å². The SMILES string of the molecule is CC.CCCc1cc(-c2cc(COc3ccccc3CC(=O)OCC)cc3ccoc23)cs1. The van der Waals surface area contributed by atoms with Gasteiger partial charge in [0.1, 0.15) is 17.9 Å². The van der Waals surface area contributed by atoms with Gasteiger partial charge < -0.3 is 13.9 Å². The van der Waals surface area contributed by atoms with E-state index in [0.29, 0.717) is 19.0 Å². The Bertz CT molecular complexity index is 1170. The molecular weight excluding hydrogens is 432 g/mol. The summed E-state index contributed by atoms with van der Waals surface area (Å²) in [5, 5.41) is 3.25. The molecular formula is C28H32O4S. The molecule has 4 nitrogen and oxygen atoms in total. The van der Waals surface area contributed by atoms with Crippen LogP contribution in [0.4, 0.5) is 0 Å². The van der Waals surface area contributed by atoms with E-state index < -0.39 is 0 Å². The third-order valence-corrected chi connectivity index (χ3v) is 6.08. The zero-order valence-electron chi connectivity index (χ0n) is 19.9. The average Bonchev–Trinajstić information content (AvgIpc) is 3.49. The molecule has 174 valence electrons. The molecule has 2 aromatic carbocycles. The molecule has 4 aromatic rings. The van der Waals surface area contributed by atoms with Crippen LogP contribution >= 0.6 is 11.3 Å². The lowest BCUT2D eigenvalue weighted by molar-refractivity contribution is -0.142. The second-order valence-corrected chi connectivity index (χ2v) is 8.41. The molecule has 0 unspecified atom stereocenters. The smallest absolute Gasteiger partial charge is 0.310 e. The summed E-state index contributed by atoms with van der Waals surface area (Å²) < 4.78 is 17.0. The first kappa shape index (κ1) is 24.6. The highest BCUT2D eigenvalue weighted by atomic mass is 32.1. The Labute approximate surface area is 200 Å². The van der Waals surface area contributed by atoms with Gasteiger partial charge in [-0.15, -0.1) is 11.3 Å². The molecule has 0 saturated carbocycles. The molecule has 0 fully saturated rings. The highest BCUT2D eigenvalue weighted by Crippen LogP contribution is 2.34. The van der Waals surface area contributed by atoms with Gasteiger partial charge in [0.15, 0.2) is 0 Å². The van der Waals surface area contributed by atoms with Crippen molar-refractivity contribution in [1.29, 1.82) is 0 Å². The number of rotatable bonds is 9. The van der Waals surface area contributed by atoms with Crippen molar-refractivity contribution in [3.8, 4) is 16.9 Å². The van der Waals surface area contributed by atoms with Gasteiger partial charge in [-0.25, -0.2) is 0 Å². The van der Waals surface area contributed by atoms with E-state index in [4.69, 9.17) is 13.9 Å². The van der Waals surface area contributed by atoms with Crippen LogP contribution in [0.25, 0.3) is 22.1 Å². The number of fused-ring (bicyclic) bond motifs is 1. The lowest BCUT2D eigenvalue weighted by atomic mass is 10.0. The van der Waals surface area contributed by atoms with E-state index in [2.05, 4.69) is 30.5 Å². The van der Waals surface area contributed by atoms with E-state index in [1.165, 1.54) is 10.4 Å². The van der Waals surface area contributed by atoms with Crippen LogP contribution in [0.5, 0.6) is 5.75 Å². The van der Waals surface area contributed by atoms with E-state index in [0.717, 1.165) is 40.5 Å². The molecule has 0 atom stereocenters. The Morgan fingerprint density at radius 2 is 1.88 bits per heavy atom. The average molecular weight is 465 g/mol. The number of hydrogen-bond acceptors (Lipinski definition) is 5. The minimum Gasteiger partial charge on any atom is -0.489 e. The molecule has 0 saturated heterocycles. The van der Waals surface area contributed by atoms with E-state index in [-0.39, 0.29) is 12.4 Å². The van der Waals surface area contributed by atoms with E-state index >= 15 is 0 Å². The number of carbonyl (C=O) groups excluding carboxylic acids is 1. The van der Waals surface area contributed by atoms with Gasteiger partial charge in [0.2, 0.25) is 0 Å². The molecule has 5 heteroatoms. The molecule has 0 aliphatic carbocycles. The molecule has 0 aliphatic rings. The normalized spacial score (nSPS) is 10.5. The van der Waals surface area contributed by atoms with Gasteiger partial charge in [-0.2, -0.15) is 0 Å². The molecule has 0 amide bonds. The van der Waals surface area contributed by atoms with Crippen molar-refractivity contribution in [3.05, 3.63) is 76.2 Å². The first-order chi connectivity index (χ1) is 16.2. The Morgan fingerprint density at radius 3 is 2.67 bits per heavy atom. The van der Waals surface area contributed by atoms with Crippen molar-refractivity contribution in [3.63, 3.8) is 0 Å². The Balaban J connectivity index is 0.00000149. The number of ether oxygens (including phenoxy) is 2. The van der Waals surface area contributed by atoms with Crippen LogP contribution in [0.2, 0.25) is 0 Å². The van der Waals surface area contributed by atoms with Gasteiger partial charge in [0.25, 0.3) is 0 Å². The number of thiophene rings is 1. The van der Waals surface area contributed by atoms with Crippen molar-refractivity contribution >= 4 is 28.3 Å². The highest BCUT2D eigenvalue weighted by Gasteiger charge is 2.13. The van der Waals surface area contributed by atoms with Crippen LogP contribution < -0.4 is 4.74 Å². The van der Waals surface area contributed by atoms with Crippen LogP contribution in [0.1, 0.15) is 50.1 Å². The third-order valence-electron chi connectivity index (χ3n) is 5.08. The third kappa shape index (κ3) is 6.26. The topological polar surface area (TPSA) is 48.7 Å². The van der Waals surface area contributed by atoms with Gasteiger partial charge in [-0.3, -0.25) is 4.79 Å². The predicted molar refractivity (Wildman–Crippen MR) is 136 cm³/mol. The maximum atomic E-state index is 11.9. The second kappa shape index (κ2) is 12.3. The Kier molecular flexibility index (Phi) is 9.14. The van der Waals surface area contributed by atoms with Crippen molar-refractivity contribution in [2.24, 2.45) is 0 Å². The van der Waals surface area contributed by atoms with Crippen molar-refractivity contribution in [2.75, 3.05) is 6.61 Å². The van der Waals surface area contributed by atoms with Crippen molar-refractivity contribution in [1.82, 2.24) is 0 Å². The van der Waals surface area contributed by atoms with Crippen molar-refractivity contribution in [2.45, 2.75) is 53.6 Å². The lowest BCUT2D eigenvalue weighted by Gasteiger charge is -2.12. The molecule has 2 aromatic heterocycles. The summed E-state index contributed by atoms with van der Waals surface area (Å²) in [6.07, 6.45) is 4.15. The maximum absolute atomic E-state index is 11.9. The molecule has 0 aliphatic heterocycles. The van der Waals surface area contributed by atoms with Gasteiger partial charge in [0, 0.05) is 21.4 Å². The summed E-state index contributed by atoms with van der Waals surface area (Å²) in [4.78, 5) is 13.3. The van der Waals surface area contributed by atoms with E-state index in [9.17, 15) is 4.79 Å². The van der Waals surface area contributed by atoms with Crippen LogP contribution in [-0.4, -0.2) is 12.6 Å². The molecule has 33 heavy (non-hydrogen) atoms. The van der Waals surface area contributed by atoms with Gasteiger partial charge >= 0.3 is 5.97 Å². The molecule has 0 N–H and O–H groups in total. The zero-order valence-corrected chi connectivity index (χ0v) is 20.7. The summed E-state index contributed by atoms with van der Waals surface area (Å²) in [7, 11) is 0. The Hall–Kier alpha value is -3.05. The summed E-state index contributed by atoms with van der Waals surface area (Å²) >= 11 is 1.79. The monoisotopic (exact) mass is 464 g/mol. The fourth-order valence-corrected chi connectivity index (χ4v) is 4.65. The van der Waals surface area contributed by atoms with Gasteiger partial charge in [-0.05, 0) is 60.2 Å². The highest BCUT2D eigenvalue weighted by molar-refractivity contribution is 7.10. The molecule has 0 bridgehead atoms. The van der Waals surface area contributed by atoms with E-state index in [1.807, 2.05) is 51.1 Å². The number of carbonyl (C=O) groups is 1. The Morgan fingerprint density at radius 1 is 1.06 bits per heavy atom. The number of aryl methyl sites for hydroxylation is 1. The number of furan rings is 1. The number of hydrogen-bond donors (Lipinski definition) is 0. The number of para-hydroxylation sites is 1. The zero-order chi connectivity index (χ0) is 23.6. The fraction of sp³-hybridized carbons (Fsp3) is 0.321. The predicted octanol–water partition coefficient (Wildman–Crippen LogP) is 7.82. The molecule has 0 spiro atoms. The number of benzene rings is 2. The summed E-state index contributed by atoms with van der Waals surface area (Å²) in [5.41, 5.74) is 5.04. The van der Waals surface area contributed by atoms with Crippen LogP contribution in [0.3, 0.4) is 0 Å².